The molecule has 0 amide bonds. The first-order valence-corrected chi connectivity index (χ1v) is 6.88. The van der Waals surface area contributed by atoms with Gasteiger partial charge in [-0.2, -0.15) is 0 Å². The van der Waals surface area contributed by atoms with Crippen molar-refractivity contribution in [2.45, 2.75) is 19.9 Å². The highest BCUT2D eigenvalue weighted by Crippen LogP contribution is 2.26. The predicted octanol–water partition coefficient (Wildman–Crippen LogP) is 1.06. The van der Waals surface area contributed by atoms with Gasteiger partial charge in [0.15, 0.2) is 0 Å². The number of aliphatic carboxylic acids is 2. The fraction of sp³-hybridized carbons (Fsp3) is 0.583. The van der Waals surface area contributed by atoms with E-state index in [0.717, 1.165) is 9.88 Å². The SMILES string of the molecule is Cc1ncc(CN2CCC(C(=O)O)C(C(=O)O)C2)s1. The Hall–Kier alpha value is -1.47. The Morgan fingerprint density at radius 2 is 2.11 bits per heavy atom. The Morgan fingerprint density at radius 1 is 1.42 bits per heavy atom. The normalized spacial score (nSPS) is 24.3. The van der Waals surface area contributed by atoms with Crippen molar-refractivity contribution in [3.8, 4) is 0 Å². The van der Waals surface area contributed by atoms with Gasteiger partial charge in [0.25, 0.3) is 0 Å². The Balaban J connectivity index is 2.02. The van der Waals surface area contributed by atoms with E-state index in [2.05, 4.69) is 4.98 Å². The highest BCUT2D eigenvalue weighted by molar-refractivity contribution is 7.11. The van der Waals surface area contributed by atoms with Crippen LogP contribution in [0.3, 0.4) is 0 Å². The third-order valence-corrected chi connectivity index (χ3v) is 4.28. The van der Waals surface area contributed by atoms with Crippen LogP contribution < -0.4 is 0 Å². The lowest BCUT2D eigenvalue weighted by atomic mass is 9.85. The van der Waals surface area contributed by atoms with Gasteiger partial charge in [0.1, 0.15) is 0 Å². The van der Waals surface area contributed by atoms with Gasteiger partial charge in [0, 0.05) is 24.2 Å². The molecule has 1 saturated heterocycles. The lowest BCUT2D eigenvalue weighted by Crippen LogP contribution is -2.46. The van der Waals surface area contributed by atoms with E-state index in [9.17, 15) is 9.59 Å². The van der Waals surface area contributed by atoms with Gasteiger partial charge in [-0.3, -0.25) is 14.5 Å². The van der Waals surface area contributed by atoms with E-state index in [1.54, 1.807) is 17.5 Å². The lowest BCUT2D eigenvalue weighted by Gasteiger charge is -2.34. The summed E-state index contributed by atoms with van der Waals surface area (Å²) in [5.74, 6) is -3.66. The Bertz CT molecular complexity index is 488. The lowest BCUT2D eigenvalue weighted by molar-refractivity contribution is -0.157. The van der Waals surface area contributed by atoms with Crippen molar-refractivity contribution in [2.75, 3.05) is 13.1 Å². The number of likely N-dealkylation sites (tertiary alicyclic amines) is 1. The summed E-state index contributed by atoms with van der Waals surface area (Å²) in [6.45, 7) is 3.45. The number of aryl methyl sites for hydroxylation is 1. The number of piperidine rings is 1. The molecule has 2 unspecified atom stereocenters. The number of carboxylic acids is 2. The number of carboxylic acid groups (broad SMARTS) is 2. The molecule has 0 aliphatic carbocycles. The molecule has 0 spiro atoms. The number of nitrogens with zero attached hydrogens (tertiary/aromatic N) is 2. The van der Waals surface area contributed by atoms with Crippen LogP contribution in [0.4, 0.5) is 0 Å². The Kier molecular flexibility index (Phi) is 4.16. The van der Waals surface area contributed by atoms with Crippen LogP contribution >= 0.6 is 11.3 Å². The molecule has 0 bridgehead atoms. The molecule has 1 aromatic rings. The summed E-state index contributed by atoms with van der Waals surface area (Å²) in [6.07, 6.45) is 2.17. The van der Waals surface area contributed by atoms with E-state index in [-0.39, 0.29) is 6.54 Å². The van der Waals surface area contributed by atoms with Crippen molar-refractivity contribution in [3.63, 3.8) is 0 Å². The standard InChI is InChI=1S/C12H16N2O4S/c1-7-13-4-8(19-7)5-14-3-2-9(11(15)16)10(6-14)12(17)18/h4,9-10H,2-3,5-6H2,1H3,(H,15,16)(H,17,18). The molecule has 1 aliphatic heterocycles. The van der Waals surface area contributed by atoms with Crippen LogP contribution in [0.2, 0.25) is 0 Å². The highest BCUT2D eigenvalue weighted by atomic mass is 32.1. The summed E-state index contributed by atoms with van der Waals surface area (Å²) >= 11 is 1.58. The molecule has 1 aromatic heterocycles. The zero-order chi connectivity index (χ0) is 14.0. The van der Waals surface area contributed by atoms with Gasteiger partial charge >= 0.3 is 11.9 Å². The molecular formula is C12H16N2O4S. The molecule has 1 aliphatic rings. The van der Waals surface area contributed by atoms with E-state index in [0.29, 0.717) is 19.5 Å². The van der Waals surface area contributed by atoms with Crippen LogP contribution in [-0.4, -0.2) is 45.1 Å². The van der Waals surface area contributed by atoms with Crippen LogP contribution in [0.5, 0.6) is 0 Å². The van der Waals surface area contributed by atoms with Gasteiger partial charge in [-0.1, -0.05) is 0 Å². The van der Waals surface area contributed by atoms with E-state index in [4.69, 9.17) is 10.2 Å². The van der Waals surface area contributed by atoms with Crippen molar-refractivity contribution >= 4 is 23.3 Å². The van der Waals surface area contributed by atoms with Gasteiger partial charge < -0.3 is 10.2 Å². The summed E-state index contributed by atoms with van der Waals surface area (Å²) in [4.78, 5) is 29.5. The topological polar surface area (TPSA) is 90.7 Å². The number of rotatable bonds is 4. The molecule has 2 atom stereocenters. The van der Waals surface area contributed by atoms with Crippen molar-refractivity contribution in [1.82, 2.24) is 9.88 Å². The summed E-state index contributed by atoms with van der Waals surface area (Å²) in [5.41, 5.74) is 0. The second-order valence-corrected chi connectivity index (χ2v) is 6.08. The van der Waals surface area contributed by atoms with Crippen molar-refractivity contribution in [3.05, 3.63) is 16.1 Å². The fourth-order valence-corrected chi connectivity index (χ4v) is 3.25. The van der Waals surface area contributed by atoms with Crippen molar-refractivity contribution < 1.29 is 19.8 Å². The van der Waals surface area contributed by atoms with Gasteiger partial charge in [-0.15, -0.1) is 11.3 Å². The second kappa shape index (κ2) is 5.66. The first-order chi connectivity index (χ1) is 8.97. The molecule has 0 saturated carbocycles. The Morgan fingerprint density at radius 3 is 2.63 bits per heavy atom. The minimum absolute atomic E-state index is 0.281. The van der Waals surface area contributed by atoms with Gasteiger partial charge in [0.05, 0.1) is 16.8 Å². The van der Waals surface area contributed by atoms with E-state index >= 15 is 0 Å². The molecule has 2 rings (SSSR count). The largest absolute Gasteiger partial charge is 0.481 e. The molecule has 0 aromatic carbocycles. The van der Waals surface area contributed by atoms with Crippen LogP contribution in [-0.2, 0) is 16.1 Å². The molecule has 19 heavy (non-hydrogen) atoms. The first-order valence-electron chi connectivity index (χ1n) is 6.06. The first kappa shape index (κ1) is 14.0. The summed E-state index contributed by atoms with van der Waals surface area (Å²) in [7, 11) is 0. The minimum Gasteiger partial charge on any atom is -0.481 e. The molecule has 2 N–H and O–H groups in total. The molecule has 2 heterocycles. The molecule has 104 valence electrons. The molecule has 0 radical (unpaired) electrons. The number of thiazole rings is 1. The molecule has 7 heteroatoms. The zero-order valence-corrected chi connectivity index (χ0v) is 11.4. The van der Waals surface area contributed by atoms with Crippen LogP contribution in [0, 0.1) is 18.8 Å². The number of aromatic nitrogens is 1. The second-order valence-electron chi connectivity index (χ2n) is 4.76. The van der Waals surface area contributed by atoms with Crippen LogP contribution in [0.1, 0.15) is 16.3 Å². The zero-order valence-electron chi connectivity index (χ0n) is 10.6. The van der Waals surface area contributed by atoms with E-state index in [1.165, 1.54) is 0 Å². The highest BCUT2D eigenvalue weighted by Gasteiger charge is 2.38. The number of carbonyl (C=O) groups is 2. The summed E-state index contributed by atoms with van der Waals surface area (Å²) < 4.78 is 0. The third-order valence-electron chi connectivity index (χ3n) is 3.38. The molecular weight excluding hydrogens is 268 g/mol. The Labute approximate surface area is 114 Å². The maximum Gasteiger partial charge on any atom is 0.308 e. The maximum absolute atomic E-state index is 11.2. The quantitative estimate of drug-likeness (QED) is 0.859. The van der Waals surface area contributed by atoms with Gasteiger partial charge in [-0.25, -0.2) is 4.98 Å². The predicted molar refractivity (Wildman–Crippen MR) is 69.0 cm³/mol. The summed E-state index contributed by atoms with van der Waals surface area (Å²) in [5, 5.41) is 19.2. The third kappa shape index (κ3) is 3.30. The maximum atomic E-state index is 11.2. The van der Waals surface area contributed by atoms with Crippen molar-refractivity contribution in [2.24, 2.45) is 11.8 Å². The smallest absolute Gasteiger partial charge is 0.308 e. The number of hydrogen-bond donors (Lipinski definition) is 2. The summed E-state index contributed by atoms with van der Waals surface area (Å²) in [6, 6.07) is 0. The van der Waals surface area contributed by atoms with Crippen LogP contribution in [0.25, 0.3) is 0 Å². The monoisotopic (exact) mass is 284 g/mol. The minimum atomic E-state index is -1.03. The van der Waals surface area contributed by atoms with E-state index < -0.39 is 23.8 Å². The van der Waals surface area contributed by atoms with E-state index in [1.807, 2.05) is 11.8 Å². The van der Waals surface area contributed by atoms with Gasteiger partial charge in [0.2, 0.25) is 0 Å². The molecule has 6 nitrogen and oxygen atoms in total. The average molecular weight is 284 g/mol. The van der Waals surface area contributed by atoms with Crippen molar-refractivity contribution in [1.29, 1.82) is 0 Å². The van der Waals surface area contributed by atoms with Gasteiger partial charge in [-0.05, 0) is 19.9 Å². The molecule has 1 fully saturated rings. The van der Waals surface area contributed by atoms with Crippen LogP contribution in [0.15, 0.2) is 6.20 Å². The average Bonchev–Trinajstić information content (AvgIpc) is 2.74. The number of hydrogen-bond acceptors (Lipinski definition) is 5. The fourth-order valence-electron chi connectivity index (χ4n) is 2.41.